The number of halogens is 1. The maximum absolute atomic E-state index is 11.3. The minimum atomic E-state index is -0.484. The molecule has 0 atom stereocenters. The number of oxazole rings is 1. The van der Waals surface area contributed by atoms with Gasteiger partial charge in [-0.25, -0.2) is 9.78 Å². The molecule has 5 nitrogen and oxygen atoms in total. The Morgan fingerprint density at radius 3 is 3.13 bits per heavy atom. The van der Waals surface area contributed by atoms with Crippen LogP contribution >= 0.6 is 12.4 Å². The lowest BCUT2D eigenvalue weighted by Gasteiger charge is -2.07. The fourth-order valence-corrected chi connectivity index (χ4v) is 1.41. The molecule has 0 spiro atoms. The molecule has 0 fully saturated rings. The first-order valence-corrected chi connectivity index (χ1v) is 4.67. The molecular weight excluding hydrogens is 220 g/mol. The van der Waals surface area contributed by atoms with Crippen molar-refractivity contribution in [1.82, 2.24) is 10.3 Å². The summed E-state index contributed by atoms with van der Waals surface area (Å²) in [4.78, 5) is 15.3. The molecular formula is C9H13ClN2O3. The van der Waals surface area contributed by atoms with Crippen LogP contribution in [0.2, 0.25) is 0 Å². The molecule has 2 rings (SSSR count). The van der Waals surface area contributed by atoms with Gasteiger partial charge in [0.1, 0.15) is 5.76 Å². The quantitative estimate of drug-likeness (QED) is 0.769. The van der Waals surface area contributed by atoms with Gasteiger partial charge in [-0.2, -0.15) is 0 Å². The average Bonchev–Trinajstić information content (AvgIpc) is 2.61. The third kappa shape index (κ3) is 2.49. The number of carbonyl (C=O) groups excluding carboxylic acids is 1. The summed E-state index contributed by atoms with van der Waals surface area (Å²) in [5.41, 5.74) is 0.819. The van der Waals surface area contributed by atoms with E-state index in [0.717, 1.165) is 24.4 Å². The highest BCUT2D eigenvalue weighted by Crippen LogP contribution is 2.15. The number of carbonyl (C=O) groups is 1. The van der Waals surface area contributed by atoms with E-state index in [9.17, 15) is 4.79 Å². The van der Waals surface area contributed by atoms with E-state index in [2.05, 4.69) is 10.3 Å². The van der Waals surface area contributed by atoms with Crippen molar-refractivity contribution in [2.45, 2.75) is 19.9 Å². The van der Waals surface area contributed by atoms with E-state index < -0.39 is 5.97 Å². The first kappa shape index (κ1) is 12.0. The Morgan fingerprint density at radius 2 is 2.47 bits per heavy atom. The fourth-order valence-electron chi connectivity index (χ4n) is 1.41. The van der Waals surface area contributed by atoms with Crippen LogP contribution < -0.4 is 5.32 Å². The van der Waals surface area contributed by atoms with Gasteiger partial charge >= 0.3 is 11.9 Å². The summed E-state index contributed by atoms with van der Waals surface area (Å²) >= 11 is 0. The highest BCUT2D eigenvalue weighted by Gasteiger charge is 2.21. The first-order chi connectivity index (χ1) is 6.81. The topological polar surface area (TPSA) is 64.4 Å². The molecule has 0 amide bonds. The maximum Gasteiger partial charge on any atom is 0.394 e. The van der Waals surface area contributed by atoms with Crippen LogP contribution in [-0.4, -0.2) is 24.1 Å². The largest absolute Gasteiger partial charge is 0.459 e. The van der Waals surface area contributed by atoms with Crippen molar-refractivity contribution < 1.29 is 13.9 Å². The number of aromatic nitrogens is 1. The van der Waals surface area contributed by atoms with E-state index >= 15 is 0 Å². The lowest BCUT2D eigenvalue weighted by Crippen LogP contribution is -2.22. The van der Waals surface area contributed by atoms with Crippen LogP contribution in [0, 0.1) is 0 Å². The molecule has 15 heavy (non-hydrogen) atoms. The number of esters is 1. The highest BCUT2D eigenvalue weighted by atomic mass is 35.5. The van der Waals surface area contributed by atoms with Gasteiger partial charge in [0, 0.05) is 19.5 Å². The molecule has 1 aliphatic rings. The predicted octanol–water partition coefficient (Wildman–Crippen LogP) is 0.919. The minimum absolute atomic E-state index is 0. The van der Waals surface area contributed by atoms with Gasteiger partial charge in [-0.05, 0) is 6.92 Å². The summed E-state index contributed by atoms with van der Waals surface area (Å²) in [5.74, 6) is 0.384. The Labute approximate surface area is 93.6 Å². The van der Waals surface area contributed by atoms with Gasteiger partial charge in [0.2, 0.25) is 0 Å². The third-order valence-corrected chi connectivity index (χ3v) is 2.05. The molecule has 0 saturated carbocycles. The van der Waals surface area contributed by atoms with Gasteiger partial charge in [0.25, 0.3) is 0 Å². The zero-order valence-electron chi connectivity index (χ0n) is 8.41. The molecule has 84 valence electrons. The maximum atomic E-state index is 11.3. The Balaban J connectivity index is 0.00000112. The SMILES string of the molecule is CCOC(=O)c1nc2c(o1)CCNC2.Cl. The van der Waals surface area contributed by atoms with Crippen LogP contribution in [0.5, 0.6) is 0 Å². The van der Waals surface area contributed by atoms with Crippen LogP contribution in [0.15, 0.2) is 4.42 Å². The first-order valence-electron chi connectivity index (χ1n) is 4.67. The molecule has 0 radical (unpaired) electrons. The number of nitrogens with zero attached hydrogens (tertiary/aromatic N) is 1. The second kappa shape index (κ2) is 5.14. The normalized spacial score (nSPS) is 13.9. The molecule has 6 heteroatoms. The number of hydrogen-bond donors (Lipinski definition) is 1. The van der Waals surface area contributed by atoms with Crippen molar-refractivity contribution in [3.8, 4) is 0 Å². The second-order valence-electron chi connectivity index (χ2n) is 3.04. The van der Waals surface area contributed by atoms with Crippen molar-refractivity contribution >= 4 is 18.4 Å². The van der Waals surface area contributed by atoms with Crippen molar-refractivity contribution in [3.05, 3.63) is 17.3 Å². The molecule has 2 heterocycles. The van der Waals surface area contributed by atoms with Crippen LogP contribution in [0.4, 0.5) is 0 Å². The number of fused-ring (bicyclic) bond motifs is 1. The number of hydrogen-bond acceptors (Lipinski definition) is 5. The molecule has 0 saturated heterocycles. The zero-order chi connectivity index (χ0) is 9.97. The van der Waals surface area contributed by atoms with Crippen molar-refractivity contribution in [3.63, 3.8) is 0 Å². The number of ether oxygens (including phenoxy) is 1. The molecule has 1 aliphatic heterocycles. The van der Waals surface area contributed by atoms with Gasteiger partial charge in [0.15, 0.2) is 0 Å². The molecule has 1 N–H and O–H groups in total. The zero-order valence-corrected chi connectivity index (χ0v) is 9.23. The second-order valence-corrected chi connectivity index (χ2v) is 3.04. The highest BCUT2D eigenvalue weighted by molar-refractivity contribution is 5.85. The van der Waals surface area contributed by atoms with E-state index in [1.165, 1.54) is 0 Å². The molecule has 0 bridgehead atoms. The van der Waals surface area contributed by atoms with Gasteiger partial charge in [-0.3, -0.25) is 0 Å². The van der Waals surface area contributed by atoms with Crippen molar-refractivity contribution in [2.24, 2.45) is 0 Å². The Kier molecular flexibility index (Phi) is 4.11. The number of nitrogens with one attached hydrogen (secondary N) is 1. The van der Waals surface area contributed by atoms with Gasteiger partial charge in [-0.15, -0.1) is 12.4 Å². The Bertz CT molecular complexity index is 328. The lowest BCUT2D eigenvalue weighted by molar-refractivity contribution is 0.0479. The van der Waals surface area contributed by atoms with Gasteiger partial charge < -0.3 is 14.5 Å². The molecule has 0 aliphatic carbocycles. The third-order valence-electron chi connectivity index (χ3n) is 2.05. The summed E-state index contributed by atoms with van der Waals surface area (Å²) in [5, 5.41) is 3.15. The molecule has 1 aromatic rings. The van der Waals surface area contributed by atoms with Crippen LogP contribution in [0.3, 0.4) is 0 Å². The van der Waals surface area contributed by atoms with E-state index in [1.54, 1.807) is 6.92 Å². The van der Waals surface area contributed by atoms with E-state index in [0.29, 0.717) is 13.2 Å². The smallest absolute Gasteiger partial charge is 0.394 e. The lowest BCUT2D eigenvalue weighted by atomic mass is 10.2. The Hall–Kier alpha value is -1.07. The summed E-state index contributed by atoms with van der Waals surface area (Å²) in [6, 6.07) is 0. The van der Waals surface area contributed by atoms with E-state index in [4.69, 9.17) is 9.15 Å². The standard InChI is InChI=1S/C9H12N2O3.ClH/c1-2-13-9(12)8-11-6-5-10-4-3-7(6)14-8;/h10H,2-5H2,1H3;1H. The summed E-state index contributed by atoms with van der Waals surface area (Å²) in [6.45, 7) is 3.62. The number of rotatable bonds is 2. The monoisotopic (exact) mass is 232 g/mol. The summed E-state index contributed by atoms with van der Waals surface area (Å²) in [6.07, 6.45) is 0.780. The van der Waals surface area contributed by atoms with E-state index in [-0.39, 0.29) is 18.3 Å². The van der Waals surface area contributed by atoms with Gasteiger partial charge in [0.05, 0.1) is 12.3 Å². The minimum Gasteiger partial charge on any atom is -0.459 e. The van der Waals surface area contributed by atoms with E-state index in [1.807, 2.05) is 0 Å². The molecule has 0 aromatic carbocycles. The molecule has 0 unspecified atom stereocenters. The van der Waals surface area contributed by atoms with Crippen molar-refractivity contribution in [2.75, 3.05) is 13.2 Å². The van der Waals surface area contributed by atoms with Crippen LogP contribution in [0.1, 0.15) is 29.1 Å². The fraction of sp³-hybridized carbons (Fsp3) is 0.556. The summed E-state index contributed by atoms with van der Waals surface area (Å²) in [7, 11) is 0. The molecule has 1 aromatic heterocycles. The van der Waals surface area contributed by atoms with Crippen LogP contribution in [0.25, 0.3) is 0 Å². The predicted molar refractivity (Wildman–Crippen MR) is 55.1 cm³/mol. The van der Waals surface area contributed by atoms with Crippen molar-refractivity contribution in [1.29, 1.82) is 0 Å². The van der Waals surface area contributed by atoms with Gasteiger partial charge in [-0.1, -0.05) is 0 Å². The van der Waals surface area contributed by atoms with Crippen LogP contribution in [-0.2, 0) is 17.7 Å². The Morgan fingerprint density at radius 1 is 1.67 bits per heavy atom. The average molecular weight is 233 g/mol. The summed E-state index contributed by atoms with van der Waals surface area (Å²) < 4.78 is 10.1.